The molecule has 0 unspecified atom stereocenters. The predicted octanol–water partition coefficient (Wildman–Crippen LogP) is 3.71. The fraction of sp³-hybridized carbons (Fsp3) is 0.667. The molecule has 1 aliphatic rings. The Labute approximate surface area is 110 Å². The fourth-order valence-electron chi connectivity index (χ4n) is 1.73. The zero-order valence-electron chi connectivity index (χ0n) is 12.0. The molecule has 3 nitrogen and oxygen atoms in total. The number of rotatable bonds is 4. The van der Waals surface area contributed by atoms with Crippen molar-refractivity contribution in [2.75, 3.05) is 0 Å². The van der Waals surface area contributed by atoms with Crippen LogP contribution in [0.2, 0.25) is 0 Å². The molecule has 0 spiro atoms. The minimum Gasteiger partial charge on any atom is -0.489 e. The first-order valence-corrected chi connectivity index (χ1v) is 6.70. The van der Waals surface area contributed by atoms with Crippen molar-refractivity contribution in [1.29, 1.82) is 0 Å². The number of pyridine rings is 1. The summed E-state index contributed by atoms with van der Waals surface area (Å²) in [5, 5.41) is 0. The summed E-state index contributed by atoms with van der Waals surface area (Å²) in [6.07, 6.45) is 4.63. The van der Waals surface area contributed by atoms with Gasteiger partial charge in [0, 0.05) is 5.56 Å². The third kappa shape index (κ3) is 3.37. The molecule has 0 N–H and O–H groups in total. The van der Waals surface area contributed by atoms with Crippen LogP contribution in [0.4, 0.5) is 0 Å². The Hall–Kier alpha value is -1.25. The topological polar surface area (TPSA) is 31.4 Å². The van der Waals surface area contributed by atoms with Crippen molar-refractivity contribution in [2.45, 2.75) is 65.1 Å². The number of nitrogens with zero attached hydrogens (tertiary/aromatic N) is 1. The van der Waals surface area contributed by atoms with Gasteiger partial charge >= 0.3 is 0 Å². The number of aromatic nitrogens is 1. The molecule has 0 atom stereocenters. The average Bonchev–Trinajstić information content (AvgIpc) is 3.02. The molecule has 0 aromatic carbocycles. The third-order valence-corrected chi connectivity index (χ3v) is 2.81. The van der Waals surface area contributed by atoms with Crippen molar-refractivity contribution < 1.29 is 9.47 Å². The second-order valence-electron chi connectivity index (χ2n) is 6.26. The molecule has 1 heterocycles. The van der Waals surface area contributed by atoms with E-state index in [2.05, 4.69) is 31.8 Å². The number of hydrogen-bond acceptors (Lipinski definition) is 3. The van der Waals surface area contributed by atoms with E-state index in [-0.39, 0.29) is 11.5 Å². The quantitative estimate of drug-likeness (QED) is 0.815. The zero-order chi connectivity index (χ0) is 13.3. The molecule has 3 heteroatoms. The molecule has 1 aromatic rings. The molecule has 18 heavy (non-hydrogen) atoms. The van der Waals surface area contributed by atoms with Crippen molar-refractivity contribution >= 4 is 0 Å². The van der Waals surface area contributed by atoms with Crippen LogP contribution in [-0.4, -0.2) is 17.2 Å². The Balaban J connectivity index is 2.28. The highest BCUT2D eigenvalue weighted by molar-refractivity contribution is 5.38. The molecule has 1 fully saturated rings. The van der Waals surface area contributed by atoms with Crippen molar-refractivity contribution in [1.82, 2.24) is 4.98 Å². The van der Waals surface area contributed by atoms with E-state index in [0.717, 1.165) is 30.0 Å². The Morgan fingerprint density at radius 2 is 1.94 bits per heavy atom. The molecule has 2 rings (SSSR count). The summed E-state index contributed by atoms with van der Waals surface area (Å²) < 4.78 is 11.6. The van der Waals surface area contributed by atoms with Gasteiger partial charge in [0.25, 0.3) is 0 Å². The second-order valence-corrected chi connectivity index (χ2v) is 6.26. The standard InChI is InChI=1S/C15H23NO2/c1-10(2)17-14-13(15(3,4)5)8-12(9-16-14)18-11-6-7-11/h8-11H,6-7H2,1-5H3. The van der Waals surface area contributed by atoms with E-state index in [1.54, 1.807) is 6.20 Å². The molecule has 100 valence electrons. The first-order chi connectivity index (χ1) is 8.36. The van der Waals surface area contributed by atoms with Gasteiger partial charge in [0.2, 0.25) is 5.88 Å². The van der Waals surface area contributed by atoms with Crippen LogP contribution in [0.25, 0.3) is 0 Å². The average molecular weight is 249 g/mol. The van der Waals surface area contributed by atoms with E-state index in [9.17, 15) is 0 Å². The Morgan fingerprint density at radius 3 is 2.44 bits per heavy atom. The highest BCUT2D eigenvalue weighted by atomic mass is 16.5. The maximum atomic E-state index is 5.80. The van der Waals surface area contributed by atoms with Gasteiger partial charge in [-0.25, -0.2) is 4.98 Å². The minimum atomic E-state index is 0.000143. The van der Waals surface area contributed by atoms with Crippen LogP contribution in [-0.2, 0) is 5.41 Å². The van der Waals surface area contributed by atoms with Crippen molar-refractivity contribution in [3.63, 3.8) is 0 Å². The summed E-state index contributed by atoms with van der Waals surface area (Å²) in [7, 11) is 0. The Kier molecular flexibility index (Phi) is 3.51. The molecule has 1 aromatic heterocycles. The van der Waals surface area contributed by atoms with E-state index in [4.69, 9.17) is 9.47 Å². The summed E-state index contributed by atoms with van der Waals surface area (Å²) >= 11 is 0. The lowest BCUT2D eigenvalue weighted by atomic mass is 9.87. The van der Waals surface area contributed by atoms with E-state index in [1.165, 1.54) is 0 Å². The van der Waals surface area contributed by atoms with Gasteiger partial charge in [-0.2, -0.15) is 0 Å². The molecule has 0 bridgehead atoms. The molecule has 0 aliphatic heterocycles. The maximum absolute atomic E-state index is 5.80. The Morgan fingerprint density at radius 1 is 1.28 bits per heavy atom. The van der Waals surface area contributed by atoms with Crippen LogP contribution >= 0.6 is 0 Å². The zero-order valence-corrected chi connectivity index (χ0v) is 12.0. The van der Waals surface area contributed by atoms with E-state index in [1.807, 2.05) is 13.8 Å². The summed E-state index contributed by atoms with van der Waals surface area (Å²) in [6.45, 7) is 10.5. The molecule has 0 radical (unpaired) electrons. The maximum Gasteiger partial charge on any atom is 0.217 e. The molecular formula is C15H23NO2. The number of ether oxygens (including phenoxy) is 2. The van der Waals surface area contributed by atoms with Gasteiger partial charge in [0.05, 0.1) is 18.4 Å². The number of hydrogen-bond donors (Lipinski definition) is 0. The fourth-order valence-corrected chi connectivity index (χ4v) is 1.73. The van der Waals surface area contributed by atoms with Gasteiger partial charge in [0.15, 0.2) is 0 Å². The van der Waals surface area contributed by atoms with Crippen LogP contribution in [0.15, 0.2) is 12.3 Å². The second kappa shape index (κ2) is 4.79. The van der Waals surface area contributed by atoms with Crippen LogP contribution in [0.1, 0.15) is 53.0 Å². The molecule has 0 saturated heterocycles. The lowest BCUT2D eigenvalue weighted by Crippen LogP contribution is -2.17. The summed E-state index contributed by atoms with van der Waals surface area (Å²) in [4.78, 5) is 4.42. The predicted molar refractivity (Wildman–Crippen MR) is 72.4 cm³/mol. The largest absolute Gasteiger partial charge is 0.489 e. The molecule has 0 amide bonds. The summed E-state index contributed by atoms with van der Waals surface area (Å²) in [5.74, 6) is 1.58. The van der Waals surface area contributed by atoms with Gasteiger partial charge in [-0.3, -0.25) is 0 Å². The molecule has 1 saturated carbocycles. The van der Waals surface area contributed by atoms with Crippen LogP contribution in [0.3, 0.4) is 0 Å². The van der Waals surface area contributed by atoms with Gasteiger partial charge in [-0.05, 0) is 38.2 Å². The third-order valence-electron chi connectivity index (χ3n) is 2.81. The molecule has 1 aliphatic carbocycles. The SMILES string of the molecule is CC(C)Oc1ncc(OC2CC2)cc1C(C)(C)C. The monoisotopic (exact) mass is 249 g/mol. The highest BCUT2D eigenvalue weighted by Crippen LogP contribution is 2.35. The Bertz CT molecular complexity index is 417. The van der Waals surface area contributed by atoms with Crippen LogP contribution in [0.5, 0.6) is 11.6 Å². The lowest BCUT2D eigenvalue weighted by Gasteiger charge is -2.23. The lowest BCUT2D eigenvalue weighted by molar-refractivity contribution is 0.224. The van der Waals surface area contributed by atoms with E-state index in [0.29, 0.717) is 6.10 Å². The van der Waals surface area contributed by atoms with Gasteiger partial charge < -0.3 is 9.47 Å². The summed E-state index contributed by atoms with van der Waals surface area (Å²) in [6, 6.07) is 2.07. The van der Waals surface area contributed by atoms with Crippen molar-refractivity contribution in [2.24, 2.45) is 0 Å². The van der Waals surface area contributed by atoms with E-state index < -0.39 is 0 Å². The van der Waals surface area contributed by atoms with Crippen molar-refractivity contribution in [3.8, 4) is 11.6 Å². The first-order valence-electron chi connectivity index (χ1n) is 6.70. The normalized spacial score (nSPS) is 15.9. The smallest absolute Gasteiger partial charge is 0.217 e. The van der Waals surface area contributed by atoms with Crippen molar-refractivity contribution in [3.05, 3.63) is 17.8 Å². The minimum absolute atomic E-state index is 0.000143. The molecular weight excluding hydrogens is 226 g/mol. The summed E-state index contributed by atoms with van der Waals surface area (Å²) in [5.41, 5.74) is 1.11. The van der Waals surface area contributed by atoms with Gasteiger partial charge in [-0.15, -0.1) is 0 Å². The van der Waals surface area contributed by atoms with Crippen LogP contribution in [0, 0.1) is 0 Å². The first kappa shape index (κ1) is 13.2. The van der Waals surface area contributed by atoms with Gasteiger partial charge in [-0.1, -0.05) is 20.8 Å². The van der Waals surface area contributed by atoms with Crippen LogP contribution < -0.4 is 9.47 Å². The van der Waals surface area contributed by atoms with Gasteiger partial charge in [0.1, 0.15) is 5.75 Å². The highest BCUT2D eigenvalue weighted by Gasteiger charge is 2.26. The van der Waals surface area contributed by atoms with E-state index >= 15 is 0 Å².